The molecule has 0 bridgehead atoms. The van der Waals surface area contributed by atoms with E-state index in [1.165, 1.54) is 18.2 Å². The number of rotatable bonds is 8. The van der Waals surface area contributed by atoms with Crippen LogP contribution in [0.15, 0.2) is 41.4 Å². The first kappa shape index (κ1) is 27.4. The Hall–Kier alpha value is -3.67. The number of ether oxygens (including phenoxy) is 1. The molecule has 4 heterocycles. The van der Waals surface area contributed by atoms with Crippen molar-refractivity contribution in [1.82, 2.24) is 24.5 Å². The van der Waals surface area contributed by atoms with Gasteiger partial charge < -0.3 is 15.4 Å². The minimum Gasteiger partial charge on any atom is -0.476 e. The van der Waals surface area contributed by atoms with E-state index in [-0.39, 0.29) is 21.9 Å². The lowest BCUT2D eigenvalue weighted by atomic mass is 9.97. The number of pyridine rings is 2. The number of amides is 1. The van der Waals surface area contributed by atoms with Crippen LogP contribution in [0.5, 0.6) is 5.88 Å². The lowest BCUT2D eigenvalue weighted by Gasteiger charge is -2.34. The van der Waals surface area contributed by atoms with Gasteiger partial charge in [0, 0.05) is 23.8 Å². The molecule has 0 radical (unpaired) electrons. The molecule has 12 heteroatoms. The Balaban J connectivity index is 1.74. The Labute approximate surface area is 223 Å². The second-order valence-corrected chi connectivity index (χ2v) is 12.5. The Bertz CT molecular complexity index is 1450. The van der Waals surface area contributed by atoms with Gasteiger partial charge in [-0.1, -0.05) is 26.8 Å². The van der Waals surface area contributed by atoms with Crippen molar-refractivity contribution in [3.8, 4) is 11.7 Å². The number of nitrogens with zero attached hydrogens (tertiary/aromatic N) is 5. The van der Waals surface area contributed by atoms with E-state index < -0.39 is 15.9 Å². The third-order valence-electron chi connectivity index (χ3n) is 6.33. The van der Waals surface area contributed by atoms with E-state index in [1.807, 2.05) is 13.0 Å². The number of hydrogen-bond donors (Lipinski definition) is 2. The molecular formula is C26H35N7O4S. The minimum atomic E-state index is -4.26. The van der Waals surface area contributed by atoms with Gasteiger partial charge in [-0.05, 0) is 63.3 Å². The number of nitrogen functional groups attached to an aromatic ring is 1. The quantitative estimate of drug-likeness (QED) is 0.438. The lowest BCUT2D eigenvalue weighted by molar-refractivity contribution is 0.0981. The SMILES string of the molecule is Cc1cc(OCC(C)C)nn1-c1ccc(C(=O)NS(=O)(=O)c2cccc(N)n2)c(N2C[C@@H](C)CC2(C)C)n1. The molecule has 0 unspecified atom stereocenters. The standard InChI is InChI=1S/C26H35N7O4S/c1-16(2)15-37-22-12-18(4)33(30-22)21-11-10-19(24(29-21)32-14-17(3)13-26(32,5)6)25(34)31-38(35,36)23-9-7-8-20(27)28-23/h7-12,16-17H,13-15H2,1-6H3,(H2,27,28)(H,31,34)/t17-/m0/s1. The van der Waals surface area contributed by atoms with Gasteiger partial charge in [0.1, 0.15) is 11.6 Å². The lowest BCUT2D eigenvalue weighted by Crippen LogP contribution is -2.41. The van der Waals surface area contributed by atoms with Gasteiger partial charge in [0.2, 0.25) is 5.88 Å². The van der Waals surface area contributed by atoms with Crippen LogP contribution in [-0.2, 0) is 10.0 Å². The van der Waals surface area contributed by atoms with Gasteiger partial charge in [0.15, 0.2) is 10.8 Å². The molecule has 204 valence electrons. The largest absolute Gasteiger partial charge is 0.476 e. The van der Waals surface area contributed by atoms with E-state index in [0.717, 1.165) is 12.1 Å². The van der Waals surface area contributed by atoms with E-state index >= 15 is 0 Å². The summed E-state index contributed by atoms with van der Waals surface area (Å²) in [6, 6.07) is 9.25. The van der Waals surface area contributed by atoms with Crippen molar-refractivity contribution in [2.24, 2.45) is 11.8 Å². The summed E-state index contributed by atoms with van der Waals surface area (Å²) in [6.45, 7) is 13.5. The number of nitrogens with one attached hydrogen (secondary N) is 1. The molecule has 4 rings (SSSR count). The molecule has 1 saturated heterocycles. The number of carbonyl (C=O) groups excluding carboxylic acids is 1. The third-order valence-corrected chi connectivity index (χ3v) is 7.56. The fraction of sp³-hybridized carbons (Fsp3) is 0.462. The predicted molar refractivity (Wildman–Crippen MR) is 145 cm³/mol. The van der Waals surface area contributed by atoms with Gasteiger partial charge in [0.05, 0.1) is 12.2 Å². The number of sulfonamides is 1. The zero-order valence-electron chi connectivity index (χ0n) is 22.6. The highest BCUT2D eigenvalue weighted by Gasteiger charge is 2.39. The van der Waals surface area contributed by atoms with Crippen molar-refractivity contribution in [3.63, 3.8) is 0 Å². The number of hydrogen-bond acceptors (Lipinski definition) is 9. The smallest absolute Gasteiger partial charge is 0.281 e. The molecule has 3 N–H and O–H groups in total. The molecule has 0 aromatic carbocycles. The number of anilines is 2. The Morgan fingerprint density at radius 1 is 1.24 bits per heavy atom. The van der Waals surface area contributed by atoms with E-state index in [2.05, 4.69) is 54.3 Å². The van der Waals surface area contributed by atoms with E-state index in [9.17, 15) is 13.2 Å². The predicted octanol–water partition coefficient (Wildman–Crippen LogP) is 3.33. The molecule has 0 saturated carbocycles. The molecule has 11 nitrogen and oxygen atoms in total. The number of aryl methyl sites for hydroxylation is 1. The average molecular weight is 542 g/mol. The number of carbonyl (C=O) groups is 1. The minimum absolute atomic E-state index is 0.0335. The molecule has 1 aliphatic rings. The number of nitrogens with two attached hydrogens (primary N) is 1. The molecule has 0 spiro atoms. The van der Waals surface area contributed by atoms with Gasteiger partial charge in [0.25, 0.3) is 15.9 Å². The maximum absolute atomic E-state index is 13.4. The zero-order valence-corrected chi connectivity index (χ0v) is 23.4. The molecular weight excluding hydrogens is 506 g/mol. The number of aromatic nitrogens is 4. The first-order valence-electron chi connectivity index (χ1n) is 12.5. The first-order valence-corrected chi connectivity index (χ1v) is 14.0. The van der Waals surface area contributed by atoms with Crippen LogP contribution in [0.25, 0.3) is 5.82 Å². The van der Waals surface area contributed by atoms with Crippen molar-refractivity contribution >= 4 is 27.6 Å². The normalized spacial score (nSPS) is 17.1. The fourth-order valence-corrected chi connectivity index (χ4v) is 5.65. The summed E-state index contributed by atoms with van der Waals surface area (Å²) in [5.74, 6) is 1.28. The second-order valence-electron chi connectivity index (χ2n) is 10.8. The molecule has 3 aromatic heterocycles. The summed E-state index contributed by atoms with van der Waals surface area (Å²) >= 11 is 0. The van der Waals surface area contributed by atoms with Crippen LogP contribution in [0, 0.1) is 18.8 Å². The van der Waals surface area contributed by atoms with Crippen LogP contribution in [0.3, 0.4) is 0 Å². The Morgan fingerprint density at radius 3 is 2.61 bits per heavy atom. The van der Waals surface area contributed by atoms with Crippen molar-refractivity contribution in [3.05, 3.63) is 47.7 Å². The molecule has 1 fully saturated rings. The van der Waals surface area contributed by atoms with Crippen LogP contribution < -0.4 is 20.1 Å². The summed E-state index contributed by atoms with van der Waals surface area (Å²) < 4.78 is 35.4. The topological polar surface area (TPSA) is 145 Å². The van der Waals surface area contributed by atoms with E-state index in [1.54, 1.807) is 16.8 Å². The summed E-state index contributed by atoms with van der Waals surface area (Å²) in [5.41, 5.74) is 6.28. The average Bonchev–Trinajstić information content (AvgIpc) is 3.33. The highest BCUT2D eigenvalue weighted by molar-refractivity contribution is 7.90. The summed E-state index contributed by atoms with van der Waals surface area (Å²) in [7, 11) is -4.26. The fourth-order valence-electron chi connectivity index (χ4n) is 4.71. The Kier molecular flexibility index (Phi) is 7.37. The monoisotopic (exact) mass is 541 g/mol. The van der Waals surface area contributed by atoms with Crippen LogP contribution in [-0.4, -0.2) is 52.8 Å². The summed E-state index contributed by atoms with van der Waals surface area (Å²) in [6.07, 6.45) is 0.888. The van der Waals surface area contributed by atoms with E-state index in [0.29, 0.717) is 42.5 Å². The van der Waals surface area contributed by atoms with Crippen LogP contribution >= 0.6 is 0 Å². The third kappa shape index (κ3) is 5.74. The van der Waals surface area contributed by atoms with E-state index in [4.69, 9.17) is 15.5 Å². The first-order chi connectivity index (χ1) is 17.8. The van der Waals surface area contributed by atoms with Crippen LogP contribution in [0.1, 0.15) is 57.1 Å². The van der Waals surface area contributed by atoms with Crippen molar-refractivity contribution in [2.45, 2.75) is 58.5 Å². The van der Waals surface area contributed by atoms with Crippen molar-refractivity contribution < 1.29 is 17.9 Å². The highest BCUT2D eigenvalue weighted by atomic mass is 32.2. The molecule has 3 aromatic rings. The molecule has 1 atom stereocenters. The van der Waals surface area contributed by atoms with Gasteiger partial charge in [-0.3, -0.25) is 4.79 Å². The second kappa shape index (κ2) is 10.2. The summed E-state index contributed by atoms with van der Waals surface area (Å²) in [5, 5.41) is 4.21. The molecule has 1 aliphatic heterocycles. The maximum atomic E-state index is 13.4. The van der Waals surface area contributed by atoms with Gasteiger partial charge in [-0.2, -0.15) is 8.42 Å². The molecule has 0 aliphatic carbocycles. The molecule has 1 amide bonds. The molecule has 38 heavy (non-hydrogen) atoms. The van der Waals surface area contributed by atoms with Crippen LogP contribution in [0.4, 0.5) is 11.6 Å². The van der Waals surface area contributed by atoms with Gasteiger partial charge in [-0.15, -0.1) is 5.10 Å². The maximum Gasteiger partial charge on any atom is 0.281 e. The Morgan fingerprint density at radius 2 is 1.97 bits per heavy atom. The van der Waals surface area contributed by atoms with Crippen molar-refractivity contribution in [2.75, 3.05) is 23.8 Å². The van der Waals surface area contributed by atoms with Crippen LogP contribution in [0.2, 0.25) is 0 Å². The highest BCUT2D eigenvalue weighted by Crippen LogP contribution is 2.38. The zero-order chi connectivity index (χ0) is 27.8. The van der Waals surface area contributed by atoms with Gasteiger partial charge in [-0.25, -0.2) is 19.4 Å². The summed E-state index contributed by atoms with van der Waals surface area (Å²) in [4.78, 5) is 24.1. The van der Waals surface area contributed by atoms with Gasteiger partial charge >= 0.3 is 0 Å². The van der Waals surface area contributed by atoms with Crippen molar-refractivity contribution in [1.29, 1.82) is 0 Å².